The Balaban J connectivity index is 2.28. The van der Waals surface area contributed by atoms with E-state index in [-0.39, 0.29) is 6.61 Å². The van der Waals surface area contributed by atoms with Crippen LogP contribution in [0.15, 0.2) is 6.20 Å². The quantitative estimate of drug-likeness (QED) is 0.886. The number of rotatable bonds is 5. The van der Waals surface area contributed by atoms with E-state index in [0.717, 1.165) is 12.8 Å². The molecule has 1 heterocycles. The number of hydrogen-bond acceptors (Lipinski definition) is 5. The van der Waals surface area contributed by atoms with E-state index in [9.17, 15) is 5.11 Å². The van der Waals surface area contributed by atoms with Gasteiger partial charge in [0.15, 0.2) is 5.82 Å². The lowest BCUT2D eigenvalue weighted by atomic mass is 10.2. The summed E-state index contributed by atoms with van der Waals surface area (Å²) in [6.45, 7) is 0.615. The monoisotopic (exact) mass is 271 g/mol. The van der Waals surface area contributed by atoms with Crippen molar-refractivity contribution in [3.63, 3.8) is 0 Å². The third-order valence-electron chi connectivity index (χ3n) is 3.26. The number of nitrogens with zero attached hydrogens (tertiary/aromatic N) is 3. The topological polar surface area (TPSA) is 58.5 Å². The Morgan fingerprint density at radius 2 is 2.22 bits per heavy atom. The van der Waals surface area contributed by atoms with Gasteiger partial charge in [-0.15, -0.1) is 0 Å². The Bertz CT molecular complexity index is 397. The van der Waals surface area contributed by atoms with Crippen LogP contribution in [0.2, 0.25) is 5.02 Å². The highest BCUT2D eigenvalue weighted by atomic mass is 35.5. The lowest BCUT2D eigenvalue weighted by Crippen LogP contribution is -2.36. The summed E-state index contributed by atoms with van der Waals surface area (Å²) in [6, 6.07) is 0.699. The van der Waals surface area contributed by atoms with Gasteiger partial charge in [-0.2, -0.15) is 4.98 Å². The highest BCUT2D eigenvalue weighted by Gasteiger charge is 2.25. The van der Waals surface area contributed by atoms with Crippen molar-refractivity contribution in [3.8, 4) is 6.01 Å². The van der Waals surface area contributed by atoms with E-state index < -0.39 is 0 Å². The fourth-order valence-electron chi connectivity index (χ4n) is 2.43. The zero-order valence-corrected chi connectivity index (χ0v) is 11.2. The van der Waals surface area contributed by atoms with Gasteiger partial charge in [0.2, 0.25) is 0 Å². The van der Waals surface area contributed by atoms with Crippen molar-refractivity contribution in [2.45, 2.75) is 31.7 Å². The zero-order valence-electron chi connectivity index (χ0n) is 10.5. The first-order valence-corrected chi connectivity index (χ1v) is 6.58. The van der Waals surface area contributed by atoms with Gasteiger partial charge in [0.1, 0.15) is 5.02 Å². The van der Waals surface area contributed by atoms with Crippen LogP contribution in [-0.4, -0.2) is 41.4 Å². The maximum absolute atomic E-state index is 9.22. The van der Waals surface area contributed by atoms with Crippen LogP contribution in [0.3, 0.4) is 0 Å². The summed E-state index contributed by atoms with van der Waals surface area (Å²) in [6.07, 6.45) is 6.20. The molecule has 18 heavy (non-hydrogen) atoms. The van der Waals surface area contributed by atoms with E-state index in [1.54, 1.807) is 6.20 Å². The molecule has 0 saturated heterocycles. The molecular formula is C12H18ClN3O2. The van der Waals surface area contributed by atoms with Crippen molar-refractivity contribution in [1.29, 1.82) is 0 Å². The van der Waals surface area contributed by atoms with E-state index >= 15 is 0 Å². The molecule has 6 heteroatoms. The molecule has 1 aromatic heterocycles. The highest BCUT2D eigenvalue weighted by molar-refractivity contribution is 6.32. The molecule has 5 nitrogen and oxygen atoms in total. The van der Waals surface area contributed by atoms with Crippen molar-refractivity contribution in [3.05, 3.63) is 11.2 Å². The SMILES string of the molecule is COc1ncc(Cl)c(N(CCO)C2CCCC2)n1. The molecule has 0 spiro atoms. The maximum atomic E-state index is 9.22. The molecule has 1 aliphatic rings. The number of aliphatic hydroxyl groups is 1. The molecule has 1 aromatic rings. The molecule has 1 fully saturated rings. The molecule has 1 N–H and O–H groups in total. The van der Waals surface area contributed by atoms with E-state index in [0.29, 0.717) is 29.4 Å². The van der Waals surface area contributed by atoms with Crippen LogP contribution in [0.1, 0.15) is 25.7 Å². The van der Waals surface area contributed by atoms with Gasteiger partial charge in [-0.25, -0.2) is 4.98 Å². The molecule has 100 valence electrons. The lowest BCUT2D eigenvalue weighted by molar-refractivity contribution is 0.296. The van der Waals surface area contributed by atoms with E-state index in [1.165, 1.54) is 20.0 Å². The number of methoxy groups -OCH3 is 1. The van der Waals surface area contributed by atoms with Crippen molar-refractivity contribution in [1.82, 2.24) is 9.97 Å². The number of ether oxygens (including phenoxy) is 1. The maximum Gasteiger partial charge on any atom is 0.318 e. The van der Waals surface area contributed by atoms with Crippen molar-refractivity contribution in [2.24, 2.45) is 0 Å². The Kier molecular flexibility index (Phi) is 4.60. The third kappa shape index (κ3) is 2.84. The number of aromatic nitrogens is 2. The zero-order chi connectivity index (χ0) is 13.0. The van der Waals surface area contributed by atoms with Crippen LogP contribution in [0.25, 0.3) is 0 Å². The Labute approximate surface area is 112 Å². The van der Waals surface area contributed by atoms with E-state index in [4.69, 9.17) is 16.3 Å². The van der Waals surface area contributed by atoms with Gasteiger partial charge >= 0.3 is 6.01 Å². The number of anilines is 1. The first-order chi connectivity index (χ1) is 8.76. The van der Waals surface area contributed by atoms with Gasteiger partial charge in [0.25, 0.3) is 0 Å². The largest absolute Gasteiger partial charge is 0.467 e. The average molecular weight is 272 g/mol. The third-order valence-corrected chi connectivity index (χ3v) is 3.53. The highest BCUT2D eigenvalue weighted by Crippen LogP contribution is 2.31. The molecule has 2 rings (SSSR count). The van der Waals surface area contributed by atoms with Crippen LogP contribution in [0.4, 0.5) is 5.82 Å². The number of aliphatic hydroxyl groups excluding tert-OH is 1. The van der Waals surface area contributed by atoms with Crippen molar-refractivity contribution < 1.29 is 9.84 Å². The van der Waals surface area contributed by atoms with Crippen molar-refractivity contribution in [2.75, 3.05) is 25.2 Å². The van der Waals surface area contributed by atoms with Crippen molar-refractivity contribution >= 4 is 17.4 Å². The van der Waals surface area contributed by atoms with Crippen LogP contribution in [-0.2, 0) is 0 Å². The summed E-state index contributed by atoms with van der Waals surface area (Å²) in [5.41, 5.74) is 0. The smallest absolute Gasteiger partial charge is 0.318 e. The Morgan fingerprint density at radius 3 is 2.83 bits per heavy atom. The molecule has 0 radical (unpaired) electrons. The van der Waals surface area contributed by atoms with Crippen LogP contribution >= 0.6 is 11.6 Å². The van der Waals surface area contributed by atoms with E-state index in [1.807, 2.05) is 0 Å². The molecule has 0 bridgehead atoms. The first kappa shape index (κ1) is 13.4. The number of hydrogen-bond donors (Lipinski definition) is 1. The minimum Gasteiger partial charge on any atom is -0.467 e. The predicted molar refractivity (Wildman–Crippen MR) is 70.3 cm³/mol. The second-order valence-corrected chi connectivity index (χ2v) is 4.79. The predicted octanol–water partition coefficient (Wildman–Crippen LogP) is 1.88. The molecule has 1 saturated carbocycles. The molecular weight excluding hydrogens is 254 g/mol. The fourth-order valence-corrected chi connectivity index (χ4v) is 2.63. The fraction of sp³-hybridized carbons (Fsp3) is 0.667. The van der Waals surface area contributed by atoms with Gasteiger partial charge in [-0.05, 0) is 12.8 Å². The summed E-state index contributed by atoms with van der Waals surface area (Å²) in [5.74, 6) is 0.657. The lowest BCUT2D eigenvalue weighted by Gasteiger charge is -2.30. The Morgan fingerprint density at radius 1 is 1.50 bits per heavy atom. The van der Waals surface area contributed by atoms with Crippen LogP contribution < -0.4 is 9.64 Å². The second-order valence-electron chi connectivity index (χ2n) is 4.38. The minimum absolute atomic E-state index is 0.0825. The standard InChI is InChI=1S/C12H18ClN3O2/c1-18-12-14-8-10(13)11(15-12)16(6-7-17)9-4-2-3-5-9/h8-9,17H,2-7H2,1H3. The summed E-state index contributed by atoms with van der Waals surface area (Å²) in [4.78, 5) is 10.3. The molecule has 0 unspecified atom stereocenters. The minimum atomic E-state index is 0.0825. The first-order valence-electron chi connectivity index (χ1n) is 6.20. The molecule has 0 aliphatic heterocycles. The van der Waals surface area contributed by atoms with E-state index in [2.05, 4.69) is 14.9 Å². The summed E-state index contributed by atoms with van der Waals surface area (Å²) in [7, 11) is 1.53. The molecule has 0 atom stereocenters. The van der Waals surface area contributed by atoms with Crippen LogP contribution in [0.5, 0.6) is 6.01 Å². The number of halogens is 1. The summed E-state index contributed by atoms with van der Waals surface area (Å²) < 4.78 is 5.03. The van der Waals surface area contributed by atoms with Gasteiger partial charge in [-0.1, -0.05) is 24.4 Å². The summed E-state index contributed by atoms with van der Waals surface area (Å²) >= 11 is 6.16. The normalized spacial score (nSPS) is 15.9. The van der Waals surface area contributed by atoms with Gasteiger partial charge in [0, 0.05) is 12.6 Å². The van der Waals surface area contributed by atoms with Gasteiger partial charge < -0.3 is 14.7 Å². The molecule has 1 aliphatic carbocycles. The average Bonchev–Trinajstić information content (AvgIpc) is 2.91. The summed E-state index contributed by atoms with van der Waals surface area (Å²) in [5, 5.41) is 9.71. The Hall–Kier alpha value is -1.07. The second kappa shape index (κ2) is 6.20. The molecule has 0 amide bonds. The van der Waals surface area contributed by atoms with Crippen LogP contribution in [0, 0.1) is 0 Å². The van der Waals surface area contributed by atoms with Gasteiger partial charge in [-0.3, -0.25) is 0 Å². The molecule has 0 aromatic carbocycles. The van der Waals surface area contributed by atoms with Gasteiger partial charge in [0.05, 0.1) is 19.9 Å².